The fraction of sp³-hybridized carbons (Fsp3) is 0.385. The van der Waals surface area contributed by atoms with E-state index in [9.17, 15) is 8.42 Å². The molecule has 0 aliphatic heterocycles. The van der Waals surface area contributed by atoms with Gasteiger partial charge in [0, 0.05) is 24.1 Å². The summed E-state index contributed by atoms with van der Waals surface area (Å²) in [6, 6.07) is 6.88. The minimum atomic E-state index is -3.46. The van der Waals surface area contributed by atoms with E-state index in [0.29, 0.717) is 24.8 Å². The highest BCUT2D eigenvalue weighted by Crippen LogP contribution is 2.10. The van der Waals surface area contributed by atoms with E-state index in [0.717, 1.165) is 11.0 Å². The summed E-state index contributed by atoms with van der Waals surface area (Å²) in [7, 11) is -1.88. The number of nitrogens with one attached hydrogen (secondary N) is 1. The van der Waals surface area contributed by atoms with Gasteiger partial charge in [-0.3, -0.25) is 0 Å². The van der Waals surface area contributed by atoms with Crippen molar-refractivity contribution in [2.45, 2.75) is 0 Å². The van der Waals surface area contributed by atoms with Crippen LogP contribution in [0.3, 0.4) is 0 Å². The molecule has 0 aliphatic carbocycles. The molecule has 0 heterocycles. The maximum Gasteiger partial charge on any atom is 0.233 e. The van der Waals surface area contributed by atoms with Crippen LogP contribution in [0.15, 0.2) is 29.7 Å². The zero-order valence-electron chi connectivity index (χ0n) is 11.2. The number of sulfonamides is 1. The van der Waals surface area contributed by atoms with Crippen molar-refractivity contribution in [3.8, 4) is 0 Å². The molecule has 5 nitrogen and oxygen atoms in total. The van der Waals surface area contributed by atoms with Crippen LogP contribution in [-0.2, 0) is 19.5 Å². The van der Waals surface area contributed by atoms with E-state index in [1.807, 2.05) is 0 Å². The number of halogens is 1. The summed E-state index contributed by atoms with van der Waals surface area (Å²) in [5.74, 6) is 0. The van der Waals surface area contributed by atoms with Gasteiger partial charge in [-0.25, -0.2) is 13.1 Å². The molecule has 0 spiro atoms. The molecule has 1 N–H and O–H groups in total. The maximum atomic E-state index is 11.7. The quantitative estimate of drug-likeness (QED) is 0.706. The lowest BCUT2D eigenvalue weighted by Gasteiger charge is -2.04. The third kappa shape index (κ3) is 7.62. The van der Waals surface area contributed by atoms with Crippen molar-refractivity contribution < 1.29 is 17.9 Å². The van der Waals surface area contributed by atoms with Crippen molar-refractivity contribution in [3.05, 3.63) is 40.3 Å². The van der Waals surface area contributed by atoms with Crippen LogP contribution in [0.4, 0.5) is 0 Å². The number of hydrogen-bond donors (Lipinski definition) is 1. The molecule has 112 valence electrons. The van der Waals surface area contributed by atoms with Crippen LogP contribution in [0, 0.1) is 0 Å². The standard InChI is InChI=1S/C13H18ClNO4S/c1-18-9-10-19-8-7-15-20(16,17)11-6-12-2-4-13(14)5-3-12/h2-6,11,15H,7-10H2,1H3. The number of rotatable bonds is 9. The van der Waals surface area contributed by atoms with Crippen molar-refractivity contribution in [2.24, 2.45) is 0 Å². The second-order valence-electron chi connectivity index (χ2n) is 3.90. The molecule has 1 aromatic carbocycles. The van der Waals surface area contributed by atoms with Gasteiger partial charge < -0.3 is 9.47 Å². The largest absolute Gasteiger partial charge is 0.382 e. The highest BCUT2D eigenvalue weighted by molar-refractivity contribution is 7.92. The van der Waals surface area contributed by atoms with Gasteiger partial charge in [-0.05, 0) is 23.8 Å². The van der Waals surface area contributed by atoms with Crippen LogP contribution in [0.25, 0.3) is 6.08 Å². The molecule has 0 fully saturated rings. The molecule has 0 saturated carbocycles. The Labute approximate surface area is 124 Å². The van der Waals surface area contributed by atoms with E-state index in [-0.39, 0.29) is 6.54 Å². The molecular weight excluding hydrogens is 302 g/mol. The Morgan fingerprint density at radius 3 is 2.55 bits per heavy atom. The first-order valence-corrected chi connectivity index (χ1v) is 7.96. The summed E-state index contributed by atoms with van der Waals surface area (Å²) >= 11 is 5.74. The van der Waals surface area contributed by atoms with Crippen LogP contribution in [0.5, 0.6) is 0 Å². The van der Waals surface area contributed by atoms with Crippen LogP contribution < -0.4 is 4.72 Å². The van der Waals surface area contributed by atoms with Gasteiger partial charge >= 0.3 is 0 Å². The lowest BCUT2D eigenvalue weighted by Crippen LogP contribution is -2.25. The second kappa shape index (κ2) is 9.10. The average molecular weight is 320 g/mol. The topological polar surface area (TPSA) is 64.6 Å². The SMILES string of the molecule is COCCOCCNS(=O)(=O)C=Cc1ccc(Cl)cc1. The minimum Gasteiger partial charge on any atom is -0.382 e. The van der Waals surface area contributed by atoms with Gasteiger partial charge in [-0.1, -0.05) is 23.7 Å². The summed E-state index contributed by atoms with van der Waals surface area (Å²) in [4.78, 5) is 0. The Kier molecular flexibility index (Phi) is 7.79. The number of benzene rings is 1. The first kappa shape index (κ1) is 17.1. The highest BCUT2D eigenvalue weighted by atomic mass is 35.5. The zero-order valence-corrected chi connectivity index (χ0v) is 12.8. The van der Waals surface area contributed by atoms with Crippen LogP contribution in [-0.4, -0.2) is 41.9 Å². The third-order valence-electron chi connectivity index (χ3n) is 2.29. The fourth-order valence-corrected chi connectivity index (χ4v) is 2.22. The summed E-state index contributed by atoms with van der Waals surface area (Å²) in [5.41, 5.74) is 0.760. The van der Waals surface area contributed by atoms with Crippen LogP contribution in [0.2, 0.25) is 5.02 Å². The van der Waals surface area contributed by atoms with Crippen molar-refractivity contribution >= 4 is 27.7 Å². The summed E-state index contributed by atoms with van der Waals surface area (Å²) in [6.45, 7) is 1.45. The van der Waals surface area contributed by atoms with E-state index in [1.54, 1.807) is 31.4 Å². The number of methoxy groups -OCH3 is 1. The highest BCUT2D eigenvalue weighted by Gasteiger charge is 2.03. The van der Waals surface area contributed by atoms with Gasteiger partial charge in [0.15, 0.2) is 0 Å². The molecule has 0 unspecified atom stereocenters. The molecule has 20 heavy (non-hydrogen) atoms. The Morgan fingerprint density at radius 1 is 1.20 bits per heavy atom. The molecular formula is C13H18ClNO4S. The van der Waals surface area contributed by atoms with Crippen LogP contribution >= 0.6 is 11.6 Å². The zero-order chi connectivity index (χ0) is 14.8. The van der Waals surface area contributed by atoms with Gasteiger partial charge in [-0.15, -0.1) is 0 Å². The van der Waals surface area contributed by atoms with Gasteiger partial charge in [0.1, 0.15) is 0 Å². The van der Waals surface area contributed by atoms with E-state index < -0.39 is 10.0 Å². The Balaban J connectivity index is 2.35. The Bertz CT molecular complexity index is 514. The molecule has 0 bridgehead atoms. The van der Waals surface area contributed by atoms with E-state index in [1.165, 1.54) is 6.08 Å². The van der Waals surface area contributed by atoms with Crippen LogP contribution in [0.1, 0.15) is 5.56 Å². The molecule has 7 heteroatoms. The fourth-order valence-electron chi connectivity index (χ4n) is 1.29. The molecule has 0 radical (unpaired) electrons. The average Bonchev–Trinajstić information content (AvgIpc) is 2.42. The number of hydrogen-bond acceptors (Lipinski definition) is 4. The van der Waals surface area contributed by atoms with Crippen molar-refractivity contribution in [3.63, 3.8) is 0 Å². The van der Waals surface area contributed by atoms with E-state index in [4.69, 9.17) is 21.1 Å². The second-order valence-corrected chi connectivity index (χ2v) is 5.99. The normalized spacial score (nSPS) is 12.1. The van der Waals surface area contributed by atoms with Gasteiger partial charge in [-0.2, -0.15) is 0 Å². The molecule has 0 aromatic heterocycles. The van der Waals surface area contributed by atoms with E-state index >= 15 is 0 Å². The third-order valence-corrected chi connectivity index (χ3v) is 3.64. The molecule has 1 aromatic rings. The molecule has 0 amide bonds. The molecule has 0 saturated heterocycles. The predicted octanol–water partition coefficient (Wildman–Crippen LogP) is 1.89. The van der Waals surface area contributed by atoms with Crippen molar-refractivity contribution in [1.29, 1.82) is 0 Å². The first-order chi connectivity index (χ1) is 9.53. The minimum absolute atomic E-state index is 0.219. The van der Waals surface area contributed by atoms with Crippen molar-refractivity contribution in [2.75, 3.05) is 33.5 Å². The lowest BCUT2D eigenvalue weighted by molar-refractivity contribution is 0.0736. The van der Waals surface area contributed by atoms with Gasteiger partial charge in [0.2, 0.25) is 10.0 Å². The lowest BCUT2D eigenvalue weighted by atomic mass is 10.2. The Hall–Kier alpha value is -0.920. The van der Waals surface area contributed by atoms with Gasteiger partial charge in [0.05, 0.1) is 19.8 Å². The Morgan fingerprint density at radius 2 is 1.90 bits per heavy atom. The molecule has 0 aliphatic rings. The summed E-state index contributed by atoms with van der Waals surface area (Å²) in [5, 5.41) is 1.72. The monoisotopic (exact) mass is 319 g/mol. The molecule has 0 atom stereocenters. The predicted molar refractivity (Wildman–Crippen MR) is 80.1 cm³/mol. The first-order valence-electron chi connectivity index (χ1n) is 6.03. The molecule has 1 rings (SSSR count). The van der Waals surface area contributed by atoms with Gasteiger partial charge in [0.25, 0.3) is 0 Å². The van der Waals surface area contributed by atoms with Crippen molar-refractivity contribution in [1.82, 2.24) is 4.72 Å². The summed E-state index contributed by atoms with van der Waals surface area (Å²) < 4.78 is 35.7. The number of ether oxygens (including phenoxy) is 2. The van der Waals surface area contributed by atoms with E-state index in [2.05, 4.69) is 4.72 Å². The maximum absolute atomic E-state index is 11.7. The summed E-state index contributed by atoms with van der Waals surface area (Å²) in [6.07, 6.45) is 1.50. The smallest absolute Gasteiger partial charge is 0.233 e.